The predicted molar refractivity (Wildman–Crippen MR) is 95.5 cm³/mol. The molecule has 1 aliphatic rings. The Balaban J connectivity index is 1.52. The second kappa shape index (κ2) is 6.52. The summed E-state index contributed by atoms with van der Waals surface area (Å²) in [6, 6.07) is 9.25. The number of anilines is 1. The van der Waals surface area contributed by atoms with Gasteiger partial charge in [-0.3, -0.25) is 15.1 Å². The van der Waals surface area contributed by atoms with Gasteiger partial charge in [-0.05, 0) is 37.3 Å². The first-order valence-corrected chi connectivity index (χ1v) is 8.66. The molecular formula is C18H15N3O3S. The molecule has 0 atom stereocenters. The van der Waals surface area contributed by atoms with Gasteiger partial charge in [0, 0.05) is 22.8 Å². The Morgan fingerprint density at radius 1 is 1.16 bits per heavy atom. The fraction of sp³-hybridized carbons (Fsp3) is 0.167. The molecule has 0 aliphatic carbocycles. The van der Waals surface area contributed by atoms with Crippen LogP contribution in [0.1, 0.15) is 16.1 Å². The van der Waals surface area contributed by atoms with E-state index in [0.29, 0.717) is 29.7 Å². The number of amides is 1. The Kier molecular flexibility index (Phi) is 4.07. The van der Waals surface area contributed by atoms with Crippen molar-refractivity contribution in [3.05, 3.63) is 53.2 Å². The summed E-state index contributed by atoms with van der Waals surface area (Å²) in [4.78, 5) is 20.9. The van der Waals surface area contributed by atoms with Gasteiger partial charge in [0.25, 0.3) is 5.91 Å². The number of hydrogen-bond acceptors (Lipinski definition) is 6. The molecule has 0 saturated heterocycles. The lowest BCUT2D eigenvalue weighted by Gasteiger charge is -2.18. The SMILES string of the molecule is Cc1ccc(C(=O)Nc2nc(-c3ccc4c(c3)OCCO4)cs2)cn1. The summed E-state index contributed by atoms with van der Waals surface area (Å²) in [7, 11) is 0. The largest absolute Gasteiger partial charge is 0.486 e. The number of thiazole rings is 1. The smallest absolute Gasteiger partial charge is 0.259 e. The van der Waals surface area contributed by atoms with Crippen LogP contribution in [0.4, 0.5) is 5.13 Å². The molecule has 0 radical (unpaired) electrons. The third kappa shape index (κ3) is 3.32. The molecule has 6 nitrogen and oxygen atoms in total. The van der Waals surface area contributed by atoms with Crippen molar-refractivity contribution in [2.75, 3.05) is 18.5 Å². The minimum atomic E-state index is -0.226. The van der Waals surface area contributed by atoms with Gasteiger partial charge in [-0.1, -0.05) is 0 Å². The fourth-order valence-corrected chi connectivity index (χ4v) is 3.15. The molecule has 0 spiro atoms. The molecule has 7 heteroatoms. The topological polar surface area (TPSA) is 73.3 Å². The van der Waals surface area contributed by atoms with Crippen molar-refractivity contribution in [3.8, 4) is 22.8 Å². The summed E-state index contributed by atoms with van der Waals surface area (Å²) in [6.45, 7) is 2.98. The minimum Gasteiger partial charge on any atom is -0.486 e. The van der Waals surface area contributed by atoms with Crippen molar-refractivity contribution < 1.29 is 14.3 Å². The second-order valence-electron chi connectivity index (χ2n) is 5.54. The lowest BCUT2D eigenvalue weighted by atomic mass is 10.1. The first-order valence-electron chi connectivity index (χ1n) is 7.78. The minimum absolute atomic E-state index is 0.226. The molecule has 0 unspecified atom stereocenters. The zero-order chi connectivity index (χ0) is 17.2. The number of aromatic nitrogens is 2. The van der Waals surface area contributed by atoms with E-state index in [-0.39, 0.29) is 5.91 Å². The zero-order valence-corrected chi connectivity index (χ0v) is 14.3. The number of nitrogens with zero attached hydrogens (tertiary/aromatic N) is 2. The van der Waals surface area contributed by atoms with E-state index in [9.17, 15) is 4.79 Å². The molecule has 0 saturated carbocycles. The van der Waals surface area contributed by atoms with E-state index in [0.717, 1.165) is 22.7 Å². The van der Waals surface area contributed by atoms with Gasteiger partial charge < -0.3 is 9.47 Å². The van der Waals surface area contributed by atoms with Crippen LogP contribution in [0.3, 0.4) is 0 Å². The number of nitrogens with one attached hydrogen (secondary N) is 1. The highest BCUT2D eigenvalue weighted by molar-refractivity contribution is 7.14. The monoisotopic (exact) mass is 353 g/mol. The molecule has 1 aliphatic heterocycles. The molecule has 0 bridgehead atoms. The summed E-state index contributed by atoms with van der Waals surface area (Å²) in [5, 5.41) is 5.24. The van der Waals surface area contributed by atoms with E-state index in [2.05, 4.69) is 15.3 Å². The molecule has 3 aromatic rings. The van der Waals surface area contributed by atoms with Crippen LogP contribution in [0.25, 0.3) is 11.3 Å². The average molecular weight is 353 g/mol. The van der Waals surface area contributed by atoms with Gasteiger partial charge in [0.2, 0.25) is 0 Å². The number of pyridine rings is 1. The van der Waals surface area contributed by atoms with Crippen LogP contribution in [-0.2, 0) is 0 Å². The highest BCUT2D eigenvalue weighted by Crippen LogP contribution is 2.35. The second-order valence-corrected chi connectivity index (χ2v) is 6.40. The van der Waals surface area contributed by atoms with Crippen molar-refractivity contribution in [3.63, 3.8) is 0 Å². The summed E-state index contributed by atoms with van der Waals surface area (Å²) >= 11 is 1.37. The molecule has 1 N–H and O–H groups in total. The number of aryl methyl sites for hydroxylation is 1. The van der Waals surface area contributed by atoms with Crippen LogP contribution >= 0.6 is 11.3 Å². The maximum Gasteiger partial charge on any atom is 0.259 e. The highest BCUT2D eigenvalue weighted by Gasteiger charge is 2.15. The van der Waals surface area contributed by atoms with Crippen molar-refractivity contribution >= 4 is 22.4 Å². The van der Waals surface area contributed by atoms with Crippen LogP contribution in [0.5, 0.6) is 11.5 Å². The normalized spacial score (nSPS) is 12.7. The third-order valence-corrected chi connectivity index (χ3v) is 4.49. The molecule has 25 heavy (non-hydrogen) atoms. The first kappa shape index (κ1) is 15.6. The van der Waals surface area contributed by atoms with E-state index in [1.807, 2.05) is 30.5 Å². The van der Waals surface area contributed by atoms with Gasteiger partial charge in [-0.2, -0.15) is 0 Å². The summed E-state index contributed by atoms with van der Waals surface area (Å²) in [6.07, 6.45) is 1.56. The number of hydrogen-bond donors (Lipinski definition) is 1. The Morgan fingerprint density at radius 3 is 2.80 bits per heavy atom. The molecule has 4 rings (SSSR count). The zero-order valence-electron chi connectivity index (χ0n) is 13.5. The summed E-state index contributed by atoms with van der Waals surface area (Å²) < 4.78 is 11.1. The molecule has 2 aromatic heterocycles. The van der Waals surface area contributed by atoms with Gasteiger partial charge in [-0.15, -0.1) is 11.3 Å². The molecular weight excluding hydrogens is 338 g/mol. The fourth-order valence-electron chi connectivity index (χ4n) is 2.44. The maximum atomic E-state index is 12.2. The van der Waals surface area contributed by atoms with Gasteiger partial charge in [-0.25, -0.2) is 4.98 Å². The van der Waals surface area contributed by atoms with E-state index < -0.39 is 0 Å². The van der Waals surface area contributed by atoms with E-state index >= 15 is 0 Å². The van der Waals surface area contributed by atoms with E-state index in [1.165, 1.54) is 11.3 Å². The number of benzene rings is 1. The molecule has 3 heterocycles. The van der Waals surface area contributed by atoms with Gasteiger partial charge in [0.05, 0.1) is 11.3 Å². The van der Waals surface area contributed by atoms with Crippen LogP contribution in [-0.4, -0.2) is 29.1 Å². The van der Waals surface area contributed by atoms with Crippen LogP contribution < -0.4 is 14.8 Å². The molecule has 126 valence electrons. The quantitative estimate of drug-likeness (QED) is 0.780. The van der Waals surface area contributed by atoms with Crippen molar-refractivity contribution in [2.45, 2.75) is 6.92 Å². The standard InChI is InChI=1S/C18H15N3O3S/c1-11-2-3-13(9-19-11)17(22)21-18-20-14(10-25-18)12-4-5-15-16(8-12)24-7-6-23-15/h2-5,8-10H,6-7H2,1H3,(H,20,21,22). The van der Waals surface area contributed by atoms with Crippen LogP contribution in [0, 0.1) is 6.92 Å². The Hall–Kier alpha value is -2.93. The lowest BCUT2D eigenvalue weighted by molar-refractivity contribution is 0.102. The Bertz CT molecular complexity index is 922. The number of rotatable bonds is 3. The molecule has 1 aromatic carbocycles. The van der Waals surface area contributed by atoms with Gasteiger partial charge >= 0.3 is 0 Å². The van der Waals surface area contributed by atoms with E-state index in [4.69, 9.17) is 9.47 Å². The number of fused-ring (bicyclic) bond motifs is 1. The number of ether oxygens (including phenoxy) is 2. The Labute approximate surface area is 148 Å². The highest BCUT2D eigenvalue weighted by atomic mass is 32.1. The van der Waals surface area contributed by atoms with Crippen molar-refractivity contribution in [1.29, 1.82) is 0 Å². The maximum absolute atomic E-state index is 12.2. The number of carbonyl (C=O) groups excluding carboxylic acids is 1. The van der Waals surface area contributed by atoms with Crippen molar-refractivity contribution in [2.24, 2.45) is 0 Å². The van der Waals surface area contributed by atoms with E-state index in [1.54, 1.807) is 18.3 Å². The molecule has 1 amide bonds. The first-order chi connectivity index (χ1) is 12.2. The lowest BCUT2D eigenvalue weighted by Crippen LogP contribution is -2.15. The van der Waals surface area contributed by atoms with Gasteiger partial charge in [0.1, 0.15) is 13.2 Å². The van der Waals surface area contributed by atoms with Gasteiger partial charge in [0.15, 0.2) is 16.6 Å². The average Bonchev–Trinajstić information content (AvgIpc) is 3.10. The third-order valence-electron chi connectivity index (χ3n) is 3.74. The van der Waals surface area contributed by atoms with Crippen LogP contribution in [0.15, 0.2) is 41.9 Å². The number of carbonyl (C=O) groups is 1. The summed E-state index contributed by atoms with van der Waals surface area (Å²) in [5.41, 5.74) is 3.06. The van der Waals surface area contributed by atoms with Crippen molar-refractivity contribution in [1.82, 2.24) is 9.97 Å². The Morgan fingerprint density at radius 2 is 2.00 bits per heavy atom. The summed E-state index contributed by atoms with van der Waals surface area (Å²) in [5.74, 6) is 1.23. The molecule has 0 fully saturated rings. The predicted octanol–water partition coefficient (Wildman–Crippen LogP) is 3.54. The van der Waals surface area contributed by atoms with Crippen LogP contribution in [0.2, 0.25) is 0 Å².